The molecule has 10 heteroatoms. The Morgan fingerprint density at radius 1 is 1.22 bits per heavy atom. The molecule has 1 saturated heterocycles. The molecule has 0 atom stereocenters. The molecular formula is C27H28ClN3O5S. The molecule has 2 amide bonds. The number of piperidine rings is 1. The van der Waals surface area contributed by atoms with Crippen LogP contribution in [0.1, 0.15) is 29.6 Å². The first-order chi connectivity index (χ1) is 17.9. The zero-order chi connectivity index (χ0) is 26.4. The average Bonchev–Trinajstić information content (AvgIpc) is 3.38. The van der Waals surface area contributed by atoms with E-state index < -0.39 is 6.09 Å². The van der Waals surface area contributed by atoms with Gasteiger partial charge in [0.2, 0.25) is 5.91 Å². The second-order valence-electron chi connectivity index (χ2n) is 8.75. The molecule has 37 heavy (non-hydrogen) atoms. The van der Waals surface area contributed by atoms with Crippen molar-refractivity contribution in [2.75, 3.05) is 37.0 Å². The van der Waals surface area contributed by atoms with E-state index in [4.69, 9.17) is 16.3 Å². The minimum absolute atomic E-state index is 0.137. The van der Waals surface area contributed by atoms with Gasteiger partial charge < -0.3 is 20.1 Å². The summed E-state index contributed by atoms with van der Waals surface area (Å²) in [5.74, 6) is 0.128. The number of ether oxygens (including phenoxy) is 1. The number of anilines is 2. The Bertz CT molecular complexity index is 1260. The highest BCUT2D eigenvalue weighted by Crippen LogP contribution is 2.37. The van der Waals surface area contributed by atoms with Gasteiger partial charge in [-0.1, -0.05) is 41.9 Å². The molecule has 194 valence electrons. The van der Waals surface area contributed by atoms with Crippen molar-refractivity contribution in [1.82, 2.24) is 4.90 Å². The van der Waals surface area contributed by atoms with Gasteiger partial charge in [0.15, 0.2) is 6.29 Å². The van der Waals surface area contributed by atoms with Crippen molar-refractivity contribution in [3.05, 3.63) is 63.8 Å². The van der Waals surface area contributed by atoms with Gasteiger partial charge >= 0.3 is 6.09 Å². The highest BCUT2D eigenvalue weighted by atomic mass is 35.5. The fourth-order valence-electron chi connectivity index (χ4n) is 4.57. The number of halogens is 1. The molecule has 1 aromatic heterocycles. The van der Waals surface area contributed by atoms with Crippen LogP contribution in [0.15, 0.2) is 53.2 Å². The average molecular weight is 542 g/mol. The van der Waals surface area contributed by atoms with Crippen molar-refractivity contribution in [2.24, 2.45) is 0 Å². The lowest BCUT2D eigenvalue weighted by Crippen LogP contribution is -2.47. The van der Waals surface area contributed by atoms with E-state index in [9.17, 15) is 19.5 Å². The van der Waals surface area contributed by atoms with Crippen LogP contribution in [0.5, 0.6) is 5.75 Å². The first kappa shape index (κ1) is 26.7. The first-order valence-electron chi connectivity index (χ1n) is 11.9. The standard InChI is InChI=1S/C27H28ClN3O5S/c1-36-25-14-23(22(28)13-19(25)15-32)29-26(33)9-12-30-10-7-20(8-11-30)31(27(34)35)24-17-37-16-21(24)18-5-3-2-4-6-18/h2-6,13-17,20H,7-12H2,1H3,(H,29,33)(H,34,35). The predicted molar refractivity (Wildman–Crippen MR) is 146 cm³/mol. The fraction of sp³-hybridized carbons (Fsp3) is 0.296. The molecule has 2 N–H and O–H groups in total. The summed E-state index contributed by atoms with van der Waals surface area (Å²) in [5, 5.41) is 17.0. The van der Waals surface area contributed by atoms with Crippen LogP contribution in [0, 0.1) is 0 Å². The van der Waals surface area contributed by atoms with E-state index in [0.29, 0.717) is 55.8 Å². The van der Waals surface area contributed by atoms with Gasteiger partial charge in [0.05, 0.1) is 29.1 Å². The molecular weight excluding hydrogens is 514 g/mol. The van der Waals surface area contributed by atoms with Gasteiger partial charge in [-0.05, 0) is 24.5 Å². The van der Waals surface area contributed by atoms with Crippen LogP contribution in [0.4, 0.5) is 16.2 Å². The van der Waals surface area contributed by atoms with Crippen LogP contribution >= 0.6 is 22.9 Å². The maximum Gasteiger partial charge on any atom is 0.412 e. The molecule has 2 heterocycles. The SMILES string of the molecule is COc1cc(NC(=O)CCN2CCC(N(C(=O)O)c3cscc3-c3ccccc3)CC2)c(Cl)cc1C=O. The maximum atomic E-state index is 12.6. The lowest BCUT2D eigenvalue weighted by molar-refractivity contribution is -0.116. The normalized spacial score (nSPS) is 14.2. The van der Waals surface area contributed by atoms with Gasteiger partial charge in [-0.3, -0.25) is 14.5 Å². The Morgan fingerprint density at radius 2 is 1.95 bits per heavy atom. The number of nitrogens with zero attached hydrogens (tertiary/aromatic N) is 2. The first-order valence-corrected chi connectivity index (χ1v) is 13.2. The number of benzene rings is 2. The number of likely N-dealkylation sites (tertiary alicyclic amines) is 1. The zero-order valence-corrected chi connectivity index (χ0v) is 21.9. The molecule has 0 bridgehead atoms. The number of nitrogens with one attached hydrogen (secondary N) is 1. The molecule has 2 aromatic carbocycles. The summed E-state index contributed by atoms with van der Waals surface area (Å²) in [6, 6.07) is 12.7. The Balaban J connectivity index is 1.33. The van der Waals surface area contributed by atoms with E-state index in [1.165, 1.54) is 35.5 Å². The van der Waals surface area contributed by atoms with Gasteiger partial charge in [-0.2, -0.15) is 0 Å². The smallest absolute Gasteiger partial charge is 0.412 e. The molecule has 3 aromatic rings. The Kier molecular flexibility index (Phi) is 8.81. The number of hydrogen-bond acceptors (Lipinski definition) is 6. The number of amides is 2. The number of methoxy groups -OCH3 is 1. The largest absolute Gasteiger partial charge is 0.496 e. The van der Waals surface area contributed by atoms with Gasteiger partial charge in [0.25, 0.3) is 0 Å². The van der Waals surface area contributed by atoms with Gasteiger partial charge in [-0.15, -0.1) is 11.3 Å². The summed E-state index contributed by atoms with van der Waals surface area (Å²) in [5.41, 5.74) is 3.32. The summed E-state index contributed by atoms with van der Waals surface area (Å²) in [7, 11) is 1.44. The van der Waals surface area contributed by atoms with Crippen LogP contribution < -0.4 is 15.0 Å². The second-order valence-corrected chi connectivity index (χ2v) is 9.90. The number of thiophene rings is 1. The molecule has 0 radical (unpaired) electrons. The summed E-state index contributed by atoms with van der Waals surface area (Å²) in [4.78, 5) is 39.6. The van der Waals surface area contributed by atoms with Crippen LogP contribution in [0.25, 0.3) is 11.1 Å². The monoisotopic (exact) mass is 541 g/mol. The van der Waals surface area contributed by atoms with Crippen LogP contribution in [-0.2, 0) is 4.79 Å². The van der Waals surface area contributed by atoms with Crippen molar-refractivity contribution < 1.29 is 24.2 Å². The molecule has 1 fully saturated rings. The molecule has 0 aliphatic carbocycles. The number of carbonyl (C=O) groups excluding carboxylic acids is 2. The Hall–Kier alpha value is -3.40. The van der Waals surface area contributed by atoms with Crippen LogP contribution in [0.3, 0.4) is 0 Å². The minimum Gasteiger partial charge on any atom is -0.496 e. The number of rotatable bonds is 9. The molecule has 8 nitrogen and oxygen atoms in total. The quantitative estimate of drug-likeness (QED) is 0.329. The summed E-state index contributed by atoms with van der Waals surface area (Å²) in [6.07, 6.45) is 1.29. The maximum absolute atomic E-state index is 12.6. The number of hydrogen-bond donors (Lipinski definition) is 2. The molecule has 0 spiro atoms. The Morgan fingerprint density at radius 3 is 2.59 bits per heavy atom. The lowest BCUT2D eigenvalue weighted by atomic mass is 10.0. The molecule has 4 rings (SSSR count). The number of aldehydes is 1. The second kappa shape index (κ2) is 12.2. The van der Waals surface area contributed by atoms with Crippen molar-refractivity contribution >= 4 is 52.6 Å². The van der Waals surface area contributed by atoms with Gasteiger partial charge in [0.1, 0.15) is 5.75 Å². The van der Waals surface area contributed by atoms with E-state index in [1.54, 1.807) is 0 Å². The van der Waals surface area contributed by atoms with Crippen LogP contribution in [-0.4, -0.2) is 61.1 Å². The van der Waals surface area contributed by atoms with E-state index in [1.807, 2.05) is 41.1 Å². The van der Waals surface area contributed by atoms with E-state index in [0.717, 1.165) is 16.8 Å². The summed E-state index contributed by atoms with van der Waals surface area (Å²) >= 11 is 7.70. The molecule has 0 unspecified atom stereocenters. The highest BCUT2D eigenvalue weighted by molar-refractivity contribution is 7.08. The number of carboxylic acid groups (broad SMARTS) is 1. The summed E-state index contributed by atoms with van der Waals surface area (Å²) < 4.78 is 5.18. The van der Waals surface area contributed by atoms with Crippen molar-refractivity contribution in [3.63, 3.8) is 0 Å². The minimum atomic E-state index is -0.957. The third-order valence-corrected chi connectivity index (χ3v) is 7.53. The summed E-state index contributed by atoms with van der Waals surface area (Å²) in [6.45, 7) is 1.92. The third-order valence-electron chi connectivity index (χ3n) is 6.49. The predicted octanol–water partition coefficient (Wildman–Crippen LogP) is 5.87. The number of carbonyl (C=O) groups is 3. The van der Waals surface area contributed by atoms with Gasteiger partial charge in [0, 0.05) is 54.5 Å². The van der Waals surface area contributed by atoms with E-state index in [2.05, 4.69) is 10.2 Å². The third kappa shape index (κ3) is 6.30. The van der Waals surface area contributed by atoms with Crippen LogP contribution in [0.2, 0.25) is 5.02 Å². The molecule has 0 saturated carbocycles. The van der Waals surface area contributed by atoms with E-state index >= 15 is 0 Å². The highest BCUT2D eigenvalue weighted by Gasteiger charge is 2.31. The molecule has 1 aliphatic rings. The topological polar surface area (TPSA) is 99.2 Å². The lowest BCUT2D eigenvalue weighted by Gasteiger charge is -2.37. The molecule has 1 aliphatic heterocycles. The Labute approximate surface area is 224 Å². The van der Waals surface area contributed by atoms with Crippen molar-refractivity contribution in [1.29, 1.82) is 0 Å². The van der Waals surface area contributed by atoms with Crippen molar-refractivity contribution in [2.45, 2.75) is 25.3 Å². The fourth-order valence-corrected chi connectivity index (χ4v) is 5.62. The van der Waals surface area contributed by atoms with Crippen molar-refractivity contribution in [3.8, 4) is 16.9 Å². The zero-order valence-electron chi connectivity index (χ0n) is 20.4. The van der Waals surface area contributed by atoms with E-state index in [-0.39, 0.29) is 23.4 Å². The van der Waals surface area contributed by atoms with Gasteiger partial charge in [-0.25, -0.2) is 4.79 Å².